The Labute approximate surface area is 136 Å². The number of halogens is 2. The molecule has 0 radical (unpaired) electrons. The Kier molecular flexibility index (Phi) is 6.01. The highest BCUT2D eigenvalue weighted by atomic mass is 79.9. The van der Waals surface area contributed by atoms with Gasteiger partial charge in [-0.15, -0.1) is 0 Å². The Morgan fingerprint density at radius 1 is 1.40 bits per heavy atom. The zero-order valence-electron chi connectivity index (χ0n) is 11.5. The molecule has 6 heteroatoms. The van der Waals surface area contributed by atoms with Crippen molar-refractivity contribution < 1.29 is 4.79 Å². The van der Waals surface area contributed by atoms with E-state index in [-0.39, 0.29) is 5.91 Å². The van der Waals surface area contributed by atoms with Gasteiger partial charge in [0.05, 0.1) is 12.2 Å². The Hall–Kier alpha value is -0.430. The zero-order valence-corrected chi connectivity index (χ0v) is 14.6. The molecule has 2 N–H and O–H groups in total. The molecule has 20 heavy (non-hydrogen) atoms. The van der Waals surface area contributed by atoms with Crippen LogP contribution in [0.5, 0.6) is 0 Å². The number of likely N-dealkylation sites (N-methyl/N-ethyl adjacent to an activating group) is 1. The third kappa shape index (κ3) is 4.55. The van der Waals surface area contributed by atoms with E-state index in [1.807, 2.05) is 25.2 Å². The largest absolute Gasteiger partial charge is 0.324 e. The van der Waals surface area contributed by atoms with E-state index in [1.54, 1.807) is 0 Å². The topological polar surface area (TPSA) is 44.4 Å². The Morgan fingerprint density at radius 2 is 2.10 bits per heavy atom. The second-order valence-electron chi connectivity index (χ2n) is 5.07. The molecule has 0 spiro atoms. The maximum atomic E-state index is 12.1. The van der Waals surface area contributed by atoms with Gasteiger partial charge in [0.1, 0.15) is 0 Å². The maximum Gasteiger partial charge on any atom is 0.238 e. The normalized spacial score (nSPS) is 16.4. The van der Waals surface area contributed by atoms with Gasteiger partial charge in [0, 0.05) is 15.0 Å². The third-order valence-corrected chi connectivity index (χ3v) is 4.68. The van der Waals surface area contributed by atoms with E-state index < -0.39 is 0 Å². The van der Waals surface area contributed by atoms with Crippen molar-refractivity contribution in [3.8, 4) is 0 Å². The Bertz CT molecular complexity index is 475. The standard InChI is InChI=1S/C14H19Br2N3O/c1-19(11-4-6-17-7-5-11)9-14(20)18-13-3-2-10(15)8-12(13)16/h2-3,8,11,17H,4-7,9H2,1H3,(H,18,20). The summed E-state index contributed by atoms with van der Waals surface area (Å²) in [5, 5.41) is 6.28. The first-order chi connectivity index (χ1) is 9.56. The summed E-state index contributed by atoms with van der Waals surface area (Å²) in [7, 11) is 2.02. The minimum atomic E-state index is 0.0223. The number of hydrogen-bond donors (Lipinski definition) is 2. The van der Waals surface area contributed by atoms with Crippen LogP contribution in [0.2, 0.25) is 0 Å². The lowest BCUT2D eigenvalue weighted by Crippen LogP contribution is -2.44. The van der Waals surface area contributed by atoms with E-state index in [1.165, 1.54) is 0 Å². The van der Waals surface area contributed by atoms with Gasteiger partial charge in [-0.3, -0.25) is 9.69 Å². The van der Waals surface area contributed by atoms with Crippen molar-refractivity contribution in [3.63, 3.8) is 0 Å². The number of nitrogens with zero attached hydrogens (tertiary/aromatic N) is 1. The number of carbonyl (C=O) groups is 1. The van der Waals surface area contributed by atoms with Crippen molar-refractivity contribution in [1.29, 1.82) is 0 Å². The molecule has 1 aliphatic rings. The molecule has 1 aromatic carbocycles. The summed E-state index contributed by atoms with van der Waals surface area (Å²) in [6.45, 7) is 2.50. The number of amides is 1. The number of carbonyl (C=O) groups excluding carboxylic acids is 1. The van der Waals surface area contributed by atoms with Crippen LogP contribution >= 0.6 is 31.9 Å². The van der Waals surface area contributed by atoms with Crippen LogP contribution in [-0.2, 0) is 4.79 Å². The minimum absolute atomic E-state index is 0.0223. The molecule has 0 aromatic heterocycles. The average molecular weight is 405 g/mol. The first kappa shape index (κ1) is 15.9. The first-order valence-corrected chi connectivity index (χ1v) is 8.30. The molecule has 1 heterocycles. The lowest BCUT2D eigenvalue weighted by molar-refractivity contribution is -0.117. The summed E-state index contributed by atoms with van der Waals surface area (Å²) < 4.78 is 1.86. The van der Waals surface area contributed by atoms with Crippen molar-refractivity contribution in [1.82, 2.24) is 10.2 Å². The predicted octanol–water partition coefficient (Wildman–Crippen LogP) is 2.83. The number of anilines is 1. The molecule has 4 nitrogen and oxygen atoms in total. The van der Waals surface area contributed by atoms with E-state index in [4.69, 9.17) is 0 Å². The van der Waals surface area contributed by atoms with E-state index in [9.17, 15) is 4.79 Å². The van der Waals surface area contributed by atoms with Crippen LogP contribution in [0.25, 0.3) is 0 Å². The fraction of sp³-hybridized carbons (Fsp3) is 0.500. The number of piperidine rings is 1. The van der Waals surface area contributed by atoms with Crippen LogP contribution in [0.15, 0.2) is 27.1 Å². The van der Waals surface area contributed by atoms with Gasteiger partial charge >= 0.3 is 0 Å². The fourth-order valence-corrected chi connectivity index (χ4v) is 3.53. The van der Waals surface area contributed by atoms with Gasteiger partial charge in [0.2, 0.25) is 5.91 Å². The highest BCUT2D eigenvalue weighted by molar-refractivity contribution is 9.11. The van der Waals surface area contributed by atoms with Gasteiger partial charge in [-0.2, -0.15) is 0 Å². The maximum absolute atomic E-state index is 12.1. The summed E-state index contributed by atoms with van der Waals surface area (Å²) in [6.07, 6.45) is 2.21. The second kappa shape index (κ2) is 7.54. The monoisotopic (exact) mass is 403 g/mol. The van der Waals surface area contributed by atoms with Crippen molar-refractivity contribution in [2.24, 2.45) is 0 Å². The molecule has 0 saturated carbocycles. The van der Waals surface area contributed by atoms with Crippen LogP contribution in [0.3, 0.4) is 0 Å². The molecule has 0 atom stereocenters. The van der Waals surface area contributed by atoms with Crippen molar-refractivity contribution in [3.05, 3.63) is 27.1 Å². The van der Waals surface area contributed by atoms with E-state index >= 15 is 0 Å². The molecule has 1 amide bonds. The highest BCUT2D eigenvalue weighted by Gasteiger charge is 2.19. The molecule has 0 aliphatic carbocycles. The van der Waals surface area contributed by atoms with Gasteiger partial charge in [0.15, 0.2) is 0 Å². The van der Waals surface area contributed by atoms with Gasteiger partial charge in [-0.1, -0.05) is 15.9 Å². The molecule has 2 rings (SSSR count). The number of rotatable bonds is 4. The molecule has 1 saturated heterocycles. The summed E-state index contributed by atoms with van der Waals surface area (Å²) in [5.41, 5.74) is 0.803. The van der Waals surface area contributed by atoms with E-state index in [2.05, 4.69) is 47.4 Å². The van der Waals surface area contributed by atoms with Gasteiger partial charge in [-0.05, 0) is 67.1 Å². The van der Waals surface area contributed by atoms with Gasteiger partial charge < -0.3 is 10.6 Å². The third-order valence-electron chi connectivity index (χ3n) is 3.53. The number of benzene rings is 1. The lowest BCUT2D eigenvalue weighted by atomic mass is 10.1. The van der Waals surface area contributed by atoms with E-state index in [0.29, 0.717) is 12.6 Å². The van der Waals surface area contributed by atoms with Crippen LogP contribution in [0.4, 0.5) is 5.69 Å². The quantitative estimate of drug-likeness (QED) is 0.810. The molecule has 0 unspecified atom stereocenters. The molecular formula is C14H19Br2N3O. The second-order valence-corrected chi connectivity index (χ2v) is 6.84. The first-order valence-electron chi connectivity index (χ1n) is 6.72. The lowest BCUT2D eigenvalue weighted by Gasteiger charge is -2.31. The average Bonchev–Trinajstić information content (AvgIpc) is 2.43. The SMILES string of the molecule is CN(CC(=O)Nc1ccc(Br)cc1Br)C1CCNCC1. The molecule has 0 bridgehead atoms. The highest BCUT2D eigenvalue weighted by Crippen LogP contribution is 2.26. The van der Waals surface area contributed by atoms with Gasteiger partial charge in [0.25, 0.3) is 0 Å². The van der Waals surface area contributed by atoms with Crippen LogP contribution < -0.4 is 10.6 Å². The Morgan fingerprint density at radius 3 is 2.75 bits per heavy atom. The molecular weight excluding hydrogens is 386 g/mol. The fourth-order valence-electron chi connectivity index (χ4n) is 2.38. The smallest absolute Gasteiger partial charge is 0.238 e. The number of nitrogens with one attached hydrogen (secondary N) is 2. The van der Waals surface area contributed by atoms with Crippen molar-refractivity contribution >= 4 is 43.5 Å². The summed E-state index contributed by atoms with van der Waals surface area (Å²) in [4.78, 5) is 14.2. The van der Waals surface area contributed by atoms with Crippen molar-refractivity contribution in [2.75, 3.05) is 32.0 Å². The Balaban J connectivity index is 1.88. The van der Waals surface area contributed by atoms with Crippen molar-refractivity contribution in [2.45, 2.75) is 18.9 Å². The summed E-state index contributed by atoms with van der Waals surface area (Å²) in [5.74, 6) is 0.0223. The van der Waals surface area contributed by atoms with Crippen LogP contribution in [0.1, 0.15) is 12.8 Å². The molecule has 110 valence electrons. The minimum Gasteiger partial charge on any atom is -0.324 e. The predicted molar refractivity (Wildman–Crippen MR) is 89.0 cm³/mol. The summed E-state index contributed by atoms with van der Waals surface area (Å²) in [6, 6.07) is 6.22. The molecule has 1 aliphatic heterocycles. The number of hydrogen-bond acceptors (Lipinski definition) is 3. The van der Waals surface area contributed by atoms with Gasteiger partial charge in [-0.25, -0.2) is 0 Å². The molecule has 1 aromatic rings. The summed E-state index contributed by atoms with van der Waals surface area (Å²) >= 11 is 6.85. The van der Waals surface area contributed by atoms with Crippen LogP contribution in [0, 0.1) is 0 Å². The van der Waals surface area contributed by atoms with E-state index in [0.717, 1.165) is 40.6 Å². The zero-order chi connectivity index (χ0) is 14.5. The molecule has 1 fully saturated rings. The van der Waals surface area contributed by atoms with Crippen LogP contribution in [-0.4, -0.2) is 43.5 Å².